The highest BCUT2D eigenvalue weighted by molar-refractivity contribution is 6.31. The maximum Gasteiger partial charge on any atom is 0.144 e. The van der Waals surface area contributed by atoms with Crippen LogP contribution in [-0.2, 0) is 4.74 Å². The Morgan fingerprint density at radius 2 is 1.97 bits per heavy atom. The first-order chi connectivity index (χ1) is 16.1. The average molecular weight is 545 g/mol. The van der Waals surface area contributed by atoms with Crippen molar-refractivity contribution in [3.05, 3.63) is 60.2 Å². The highest BCUT2D eigenvalue weighted by atomic mass is 35.5. The fourth-order valence-electron chi connectivity index (χ4n) is 3.63. The lowest BCUT2D eigenvalue weighted by Crippen LogP contribution is -2.37. The monoisotopic (exact) mass is 543 g/mol. The highest BCUT2D eigenvalue weighted by Crippen LogP contribution is 2.34. The van der Waals surface area contributed by atoms with Gasteiger partial charge in [0.2, 0.25) is 0 Å². The molecule has 1 aromatic heterocycles. The number of anilines is 3. The van der Waals surface area contributed by atoms with Gasteiger partial charge in [0.05, 0.1) is 36.0 Å². The summed E-state index contributed by atoms with van der Waals surface area (Å²) in [6, 6.07) is 8.29. The summed E-state index contributed by atoms with van der Waals surface area (Å²) in [5.74, 6) is 0.838. The molecule has 2 N–H and O–H groups in total. The lowest BCUT2D eigenvalue weighted by atomic mass is 10.1. The summed E-state index contributed by atoms with van der Waals surface area (Å²) in [5, 5.41) is 7.37. The van der Waals surface area contributed by atoms with Crippen molar-refractivity contribution < 1.29 is 13.9 Å². The minimum atomic E-state index is -0.471. The minimum Gasteiger partial charge on any atom is -0.491 e. The molecule has 0 atom stereocenters. The minimum absolute atomic E-state index is 0. The number of morpholine rings is 1. The Morgan fingerprint density at radius 1 is 1.17 bits per heavy atom. The zero-order valence-corrected chi connectivity index (χ0v) is 21.5. The second-order valence-electron chi connectivity index (χ2n) is 7.67. The first-order valence-corrected chi connectivity index (χ1v) is 11.3. The maximum atomic E-state index is 13.5. The Kier molecular flexibility index (Phi) is 11.8. The van der Waals surface area contributed by atoms with Crippen LogP contribution in [0, 0.1) is 5.82 Å². The van der Waals surface area contributed by atoms with E-state index in [0.717, 1.165) is 61.6 Å². The Labute approximate surface area is 221 Å². The molecular weight excluding hydrogens is 516 g/mol. The third kappa shape index (κ3) is 7.81. The number of halogens is 4. The van der Waals surface area contributed by atoms with Gasteiger partial charge in [0.15, 0.2) is 0 Å². The van der Waals surface area contributed by atoms with Gasteiger partial charge in [-0.2, -0.15) is 0 Å². The number of aromatic nitrogens is 2. The van der Waals surface area contributed by atoms with Crippen LogP contribution in [0.2, 0.25) is 5.02 Å². The normalized spacial score (nSPS) is 13.4. The van der Waals surface area contributed by atoms with Crippen LogP contribution in [0.15, 0.2) is 49.3 Å². The fraction of sp³-hybridized carbons (Fsp3) is 0.333. The molecule has 0 spiro atoms. The summed E-state index contributed by atoms with van der Waals surface area (Å²) in [4.78, 5) is 11.2. The van der Waals surface area contributed by atoms with Crippen LogP contribution in [0.3, 0.4) is 0 Å². The van der Waals surface area contributed by atoms with Crippen molar-refractivity contribution in [2.75, 3.05) is 56.6 Å². The summed E-state index contributed by atoms with van der Waals surface area (Å²) in [6.07, 6.45) is 4.18. The van der Waals surface area contributed by atoms with Gasteiger partial charge in [-0.25, -0.2) is 14.4 Å². The van der Waals surface area contributed by atoms with Gasteiger partial charge < -0.3 is 20.1 Å². The molecule has 1 saturated heterocycles. The van der Waals surface area contributed by atoms with Gasteiger partial charge in [-0.3, -0.25) is 4.90 Å². The van der Waals surface area contributed by atoms with Gasteiger partial charge in [0.1, 0.15) is 23.7 Å². The van der Waals surface area contributed by atoms with E-state index in [1.54, 1.807) is 12.1 Å². The van der Waals surface area contributed by atoms with E-state index in [2.05, 4.69) is 32.1 Å². The molecule has 0 bridgehead atoms. The van der Waals surface area contributed by atoms with E-state index in [0.29, 0.717) is 24.7 Å². The van der Waals surface area contributed by atoms with Gasteiger partial charge in [-0.1, -0.05) is 17.7 Å². The number of ether oxygens (including phenoxy) is 2. The van der Waals surface area contributed by atoms with Crippen LogP contribution in [0.1, 0.15) is 6.42 Å². The third-order valence-electron chi connectivity index (χ3n) is 5.34. The van der Waals surface area contributed by atoms with Crippen molar-refractivity contribution in [3.63, 3.8) is 0 Å². The van der Waals surface area contributed by atoms with Gasteiger partial charge in [-0.15, -0.1) is 31.4 Å². The number of hydrogen-bond acceptors (Lipinski definition) is 7. The molecule has 190 valence electrons. The Morgan fingerprint density at radius 3 is 2.71 bits per heavy atom. The SMILES string of the molecule is C=CCNc1cc2c(Nc3ccc(F)c(Cl)c3)ncnc2cc1OCCCN1CCOCC1.Cl.Cl. The van der Waals surface area contributed by atoms with Crippen molar-refractivity contribution in [3.8, 4) is 5.75 Å². The summed E-state index contributed by atoms with van der Waals surface area (Å²) < 4.78 is 25.0. The Balaban J connectivity index is 0.00000216. The fourth-order valence-corrected chi connectivity index (χ4v) is 3.81. The summed E-state index contributed by atoms with van der Waals surface area (Å²) in [7, 11) is 0. The quantitative estimate of drug-likeness (QED) is 0.250. The van der Waals surface area contributed by atoms with E-state index in [4.69, 9.17) is 21.1 Å². The Hall–Kier alpha value is -2.36. The standard InChI is InChI=1S/C24H27ClFN5O2.2ClH/c1-2-6-27-22-14-18-21(15-23(22)33-10-3-7-31-8-11-32-12-9-31)28-16-29-24(18)30-17-4-5-20(26)19(25)13-17;;/h2,4-5,13-16,27H,1,3,6-12H2,(H,28,29,30);2*1H. The molecule has 35 heavy (non-hydrogen) atoms. The molecule has 3 aromatic rings. The Bertz CT molecular complexity index is 1120. The van der Waals surface area contributed by atoms with Crippen molar-refractivity contribution >= 4 is 64.5 Å². The number of nitrogens with one attached hydrogen (secondary N) is 2. The summed E-state index contributed by atoms with van der Waals surface area (Å²) in [5.41, 5.74) is 2.18. The molecule has 1 aliphatic heterocycles. The van der Waals surface area contributed by atoms with E-state index < -0.39 is 5.82 Å². The lowest BCUT2D eigenvalue weighted by Gasteiger charge is -2.26. The molecule has 0 radical (unpaired) electrons. The van der Waals surface area contributed by atoms with Crippen LogP contribution in [-0.4, -0.2) is 60.9 Å². The third-order valence-corrected chi connectivity index (χ3v) is 5.63. The molecule has 1 fully saturated rings. The van der Waals surface area contributed by atoms with Crippen LogP contribution in [0.25, 0.3) is 10.9 Å². The molecule has 0 amide bonds. The van der Waals surface area contributed by atoms with E-state index in [1.165, 1.54) is 18.5 Å². The maximum absolute atomic E-state index is 13.5. The van der Waals surface area contributed by atoms with Gasteiger partial charge in [0.25, 0.3) is 0 Å². The second kappa shape index (κ2) is 14.3. The van der Waals surface area contributed by atoms with Gasteiger partial charge in [0, 0.05) is 43.3 Å². The first kappa shape index (κ1) is 28.9. The number of rotatable bonds is 10. The van der Waals surface area contributed by atoms with E-state index in [1.807, 2.05) is 12.1 Å². The van der Waals surface area contributed by atoms with Gasteiger partial charge >= 0.3 is 0 Å². The molecule has 2 heterocycles. The van der Waals surface area contributed by atoms with Crippen LogP contribution < -0.4 is 15.4 Å². The van der Waals surface area contributed by atoms with Crippen LogP contribution in [0.4, 0.5) is 21.6 Å². The number of nitrogens with zero attached hydrogens (tertiary/aromatic N) is 3. The van der Waals surface area contributed by atoms with Crippen molar-refractivity contribution in [1.29, 1.82) is 0 Å². The molecule has 2 aromatic carbocycles. The molecule has 1 aliphatic rings. The summed E-state index contributed by atoms with van der Waals surface area (Å²) >= 11 is 5.92. The molecule has 0 aliphatic carbocycles. The van der Waals surface area contributed by atoms with E-state index >= 15 is 0 Å². The predicted molar refractivity (Wildman–Crippen MR) is 145 cm³/mol. The zero-order chi connectivity index (χ0) is 23.0. The lowest BCUT2D eigenvalue weighted by molar-refractivity contribution is 0.0358. The van der Waals surface area contributed by atoms with Crippen molar-refractivity contribution in [2.45, 2.75) is 6.42 Å². The van der Waals surface area contributed by atoms with Crippen LogP contribution in [0.5, 0.6) is 5.75 Å². The number of fused-ring (bicyclic) bond motifs is 1. The smallest absolute Gasteiger partial charge is 0.144 e. The molecular formula is C24H29Cl3FN5O2. The first-order valence-electron chi connectivity index (χ1n) is 10.9. The number of hydrogen-bond donors (Lipinski definition) is 2. The zero-order valence-electron chi connectivity index (χ0n) is 19.1. The van der Waals surface area contributed by atoms with Crippen molar-refractivity contribution in [1.82, 2.24) is 14.9 Å². The largest absolute Gasteiger partial charge is 0.491 e. The topological polar surface area (TPSA) is 71.5 Å². The van der Waals surface area contributed by atoms with E-state index in [-0.39, 0.29) is 29.8 Å². The molecule has 4 rings (SSSR count). The highest BCUT2D eigenvalue weighted by Gasteiger charge is 2.13. The number of benzene rings is 2. The molecule has 0 saturated carbocycles. The van der Waals surface area contributed by atoms with Crippen molar-refractivity contribution in [2.24, 2.45) is 0 Å². The van der Waals surface area contributed by atoms with Crippen LogP contribution >= 0.6 is 36.4 Å². The average Bonchev–Trinajstić information content (AvgIpc) is 2.83. The van der Waals surface area contributed by atoms with Gasteiger partial charge in [-0.05, 0) is 30.7 Å². The predicted octanol–water partition coefficient (Wildman–Crippen LogP) is 5.71. The summed E-state index contributed by atoms with van der Waals surface area (Å²) in [6.45, 7) is 9.45. The van der Waals surface area contributed by atoms with E-state index in [9.17, 15) is 4.39 Å². The molecule has 0 unspecified atom stereocenters. The molecule has 7 nitrogen and oxygen atoms in total. The molecule has 11 heteroatoms. The second-order valence-corrected chi connectivity index (χ2v) is 8.07.